The Morgan fingerprint density at radius 3 is 2.43 bits per heavy atom. The lowest BCUT2D eigenvalue weighted by Gasteiger charge is -2.13. The summed E-state index contributed by atoms with van der Waals surface area (Å²) < 4.78 is 33.6. The first kappa shape index (κ1) is 17.5. The number of ether oxygens (including phenoxy) is 1. The minimum absolute atomic E-state index is 0.0997. The lowest BCUT2D eigenvalue weighted by atomic mass is 10.1. The van der Waals surface area contributed by atoms with Crippen molar-refractivity contribution in [1.29, 1.82) is 0 Å². The van der Waals surface area contributed by atoms with E-state index < -0.39 is 16.0 Å². The molecular weight excluding hydrogens is 433 g/mol. The van der Waals surface area contributed by atoms with Gasteiger partial charge in [0.1, 0.15) is 10.6 Å². The van der Waals surface area contributed by atoms with Crippen LogP contribution in [0, 0.1) is 3.57 Å². The van der Waals surface area contributed by atoms with E-state index >= 15 is 0 Å². The van der Waals surface area contributed by atoms with Gasteiger partial charge in [0.25, 0.3) is 10.0 Å². The van der Waals surface area contributed by atoms with E-state index in [1.165, 1.54) is 25.3 Å². The van der Waals surface area contributed by atoms with Crippen molar-refractivity contribution in [3.63, 3.8) is 0 Å². The van der Waals surface area contributed by atoms with Gasteiger partial charge in [0, 0.05) is 9.26 Å². The molecule has 0 unspecified atom stereocenters. The molecule has 0 bridgehead atoms. The average Bonchev–Trinajstić information content (AvgIpc) is 2.49. The van der Waals surface area contributed by atoms with Crippen molar-refractivity contribution in [3.05, 3.63) is 51.6 Å². The first-order chi connectivity index (χ1) is 10.8. The van der Waals surface area contributed by atoms with Gasteiger partial charge < -0.3 is 9.84 Å². The molecule has 0 aliphatic rings. The summed E-state index contributed by atoms with van der Waals surface area (Å²) in [6.45, 7) is 0. The molecule has 0 atom stereocenters. The van der Waals surface area contributed by atoms with Crippen molar-refractivity contribution >= 4 is 44.3 Å². The molecule has 0 heterocycles. The van der Waals surface area contributed by atoms with Crippen LogP contribution in [-0.4, -0.2) is 26.6 Å². The van der Waals surface area contributed by atoms with E-state index in [1.807, 2.05) is 0 Å². The highest BCUT2D eigenvalue weighted by atomic mass is 127. The summed E-state index contributed by atoms with van der Waals surface area (Å²) in [6, 6.07) is 11.1. The maximum atomic E-state index is 12.6. The first-order valence-electron chi connectivity index (χ1n) is 6.49. The van der Waals surface area contributed by atoms with Crippen LogP contribution in [0.1, 0.15) is 5.56 Å². The third-order valence-electron chi connectivity index (χ3n) is 2.97. The van der Waals surface area contributed by atoms with Crippen LogP contribution in [0.15, 0.2) is 47.4 Å². The highest BCUT2D eigenvalue weighted by molar-refractivity contribution is 14.1. The zero-order valence-corrected chi connectivity index (χ0v) is 15.1. The monoisotopic (exact) mass is 447 g/mol. The van der Waals surface area contributed by atoms with E-state index in [1.54, 1.807) is 24.3 Å². The molecule has 6 nitrogen and oxygen atoms in total. The molecule has 0 aromatic heterocycles. The van der Waals surface area contributed by atoms with Gasteiger partial charge in [-0.2, -0.15) is 0 Å². The zero-order chi connectivity index (χ0) is 17.0. The Bertz CT molecular complexity index is 818. The van der Waals surface area contributed by atoms with Gasteiger partial charge in [-0.25, -0.2) is 8.42 Å². The predicted octanol–water partition coefficient (Wildman–Crippen LogP) is 2.73. The lowest BCUT2D eigenvalue weighted by molar-refractivity contribution is -0.136. The number of hydrogen-bond acceptors (Lipinski definition) is 4. The van der Waals surface area contributed by atoms with E-state index in [0.717, 1.165) is 3.57 Å². The maximum absolute atomic E-state index is 12.6. The van der Waals surface area contributed by atoms with Crippen molar-refractivity contribution in [1.82, 2.24) is 0 Å². The molecule has 0 aliphatic carbocycles. The Kier molecular flexibility index (Phi) is 5.47. The van der Waals surface area contributed by atoms with Crippen molar-refractivity contribution in [2.75, 3.05) is 11.8 Å². The van der Waals surface area contributed by atoms with Crippen molar-refractivity contribution in [3.8, 4) is 5.75 Å². The summed E-state index contributed by atoms with van der Waals surface area (Å²) in [5, 5.41) is 8.85. The standard InChI is InChI=1S/C15H14INO5S/c1-22-13-7-2-10(9-15(18)19)8-14(13)23(20,21)17-12-5-3-11(16)4-6-12/h2-8,17H,9H2,1H3,(H,18,19). The third kappa shape index (κ3) is 4.58. The summed E-state index contributed by atoms with van der Waals surface area (Å²) in [4.78, 5) is 10.7. The van der Waals surface area contributed by atoms with E-state index in [9.17, 15) is 13.2 Å². The van der Waals surface area contributed by atoms with Crippen LogP contribution in [0.25, 0.3) is 0 Å². The molecule has 0 saturated heterocycles. The molecule has 2 rings (SSSR count). The number of carboxylic acid groups (broad SMARTS) is 1. The Labute approximate surface area is 147 Å². The van der Waals surface area contributed by atoms with Crippen LogP contribution in [0.2, 0.25) is 0 Å². The van der Waals surface area contributed by atoms with Crippen LogP contribution in [-0.2, 0) is 21.2 Å². The number of benzene rings is 2. The smallest absolute Gasteiger partial charge is 0.307 e. The largest absolute Gasteiger partial charge is 0.495 e. The number of methoxy groups -OCH3 is 1. The van der Waals surface area contributed by atoms with Crippen LogP contribution in [0.4, 0.5) is 5.69 Å². The normalized spacial score (nSPS) is 11.0. The molecule has 2 aromatic carbocycles. The van der Waals surface area contributed by atoms with E-state index in [2.05, 4.69) is 27.3 Å². The molecule has 8 heteroatoms. The summed E-state index contributed by atoms with van der Waals surface area (Å²) in [7, 11) is -2.54. The molecule has 122 valence electrons. The summed E-state index contributed by atoms with van der Waals surface area (Å²) >= 11 is 2.12. The van der Waals surface area contributed by atoms with Gasteiger partial charge in [0.05, 0.1) is 13.5 Å². The van der Waals surface area contributed by atoms with Crippen molar-refractivity contribution in [2.45, 2.75) is 11.3 Å². The van der Waals surface area contributed by atoms with Gasteiger partial charge >= 0.3 is 5.97 Å². The van der Waals surface area contributed by atoms with Crippen LogP contribution in [0.5, 0.6) is 5.75 Å². The van der Waals surface area contributed by atoms with Crippen molar-refractivity contribution in [2.24, 2.45) is 0 Å². The fourth-order valence-corrected chi connectivity index (χ4v) is 3.58. The molecule has 2 aromatic rings. The second-order valence-corrected chi connectivity index (χ2v) is 7.56. The highest BCUT2D eigenvalue weighted by Gasteiger charge is 2.21. The van der Waals surface area contributed by atoms with Crippen LogP contribution in [0.3, 0.4) is 0 Å². The number of halogens is 1. The Balaban J connectivity index is 2.40. The molecule has 23 heavy (non-hydrogen) atoms. The average molecular weight is 447 g/mol. The van der Waals surface area contributed by atoms with Gasteiger partial charge in [-0.1, -0.05) is 6.07 Å². The zero-order valence-electron chi connectivity index (χ0n) is 12.1. The van der Waals surface area contributed by atoms with Gasteiger partial charge in [-0.15, -0.1) is 0 Å². The van der Waals surface area contributed by atoms with Crippen molar-refractivity contribution < 1.29 is 23.1 Å². The third-order valence-corrected chi connectivity index (χ3v) is 5.09. The van der Waals surface area contributed by atoms with E-state index in [0.29, 0.717) is 11.3 Å². The van der Waals surface area contributed by atoms with E-state index in [-0.39, 0.29) is 17.1 Å². The van der Waals surface area contributed by atoms with Gasteiger partial charge in [-0.3, -0.25) is 9.52 Å². The number of nitrogens with one attached hydrogen (secondary N) is 1. The topological polar surface area (TPSA) is 92.7 Å². The number of anilines is 1. The fourth-order valence-electron chi connectivity index (χ4n) is 1.94. The van der Waals surface area contributed by atoms with Gasteiger partial charge in [-0.05, 0) is 64.6 Å². The predicted molar refractivity (Wildman–Crippen MR) is 94.3 cm³/mol. The van der Waals surface area contributed by atoms with E-state index in [4.69, 9.17) is 9.84 Å². The second-order valence-electron chi connectivity index (χ2n) is 4.67. The van der Waals surface area contributed by atoms with Gasteiger partial charge in [0.15, 0.2) is 0 Å². The second kappa shape index (κ2) is 7.18. The number of rotatable bonds is 6. The molecule has 0 saturated carbocycles. The Morgan fingerprint density at radius 1 is 1.22 bits per heavy atom. The number of hydrogen-bond donors (Lipinski definition) is 2. The minimum atomic E-state index is -3.90. The van der Waals surface area contributed by atoms with Gasteiger partial charge in [0.2, 0.25) is 0 Å². The number of carboxylic acids is 1. The first-order valence-corrected chi connectivity index (χ1v) is 9.05. The quantitative estimate of drug-likeness (QED) is 0.665. The number of aliphatic carboxylic acids is 1. The SMILES string of the molecule is COc1ccc(CC(=O)O)cc1S(=O)(=O)Nc1ccc(I)cc1. The Morgan fingerprint density at radius 2 is 1.87 bits per heavy atom. The molecule has 0 aliphatic heterocycles. The van der Waals surface area contributed by atoms with Crippen LogP contribution < -0.4 is 9.46 Å². The van der Waals surface area contributed by atoms with Crippen LogP contribution >= 0.6 is 22.6 Å². The minimum Gasteiger partial charge on any atom is -0.495 e. The molecular formula is C15H14INO5S. The lowest BCUT2D eigenvalue weighted by Crippen LogP contribution is -2.15. The molecule has 0 fully saturated rings. The highest BCUT2D eigenvalue weighted by Crippen LogP contribution is 2.27. The Hall–Kier alpha value is -1.81. The summed E-state index contributed by atoms with van der Waals surface area (Å²) in [5.41, 5.74) is 0.789. The molecule has 0 amide bonds. The fraction of sp³-hybridized carbons (Fsp3) is 0.133. The maximum Gasteiger partial charge on any atom is 0.307 e. The summed E-state index contributed by atoms with van der Waals surface area (Å²) in [5.74, 6) is -0.888. The molecule has 0 radical (unpaired) electrons. The molecule has 2 N–H and O–H groups in total. The number of carbonyl (C=O) groups is 1. The molecule has 0 spiro atoms. The summed E-state index contributed by atoms with van der Waals surface area (Å²) in [6.07, 6.45) is -0.268. The number of sulfonamides is 1.